The number of anilines is 1. The Kier molecular flexibility index (Phi) is 5.83. The van der Waals surface area contributed by atoms with Crippen molar-refractivity contribution in [2.75, 3.05) is 18.4 Å². The summed E-state index contributed by atoms with van der Waals surface area (Å²) in [5.41, 5.74) is -1.01. The number of amides is 2. The largest absolute Gasteiger partial charge is 0.342 e. The molecule has 174 valence electrons. The van der Waals surface area contributed by atoms with Crippen LogP contribution in [0.4, 0.5) is 5.82 Å². The molecular weight excluding hydrogens is 446 g/mol. The van der Waals surface area contributed by atoms with Crippen LogP contribution in [0.3, 0.4) is 0 Å². The molecule has 0 bridgehead atoms. The highest BCUT2D eigenvalue weighted by molar-refractivity contribution is 7.10. The number of nitrogens with one attached hydrogen (secondary N) is 4. The number of hydrogen-bond donors (Lipinski definition) is 4. The highest BCUT2D eigenvalue weighted by atomic mass is 32.1. The van der Waals surface area contributed by atoms with Crippen LogP contribution in [0.2, 0.25) is 0 Å². The summed E-state index contributed by atoms with van der Waals surface area (Å²) in [5, 5.41) is 11.7. The number of H-pyrrole nitrogens is 3. The van der Waals surface area contributed by atoms with Gasteiger partial charge in [0.2, 0.25) is 5.91 Å². The number of fused-ring (bicyclic) bond motifs is 1. The third-order valence-electron chi connectivity index (χ3n) is 6.56. The van der Waals surface area contributed by atoms with E-state index in [0.717, 1.165) is 56.6 Å². The van der Waals surface area contributed by atoms with Gasteiger partial charge in [-0.2, -0.15) is 5.10 Å². The number of aromatic amines is 3. The van der Waals surface area contributed by atoms with Crippen LogP contribution in [0.15, 0.2) is 15.0 Å². The van der Waals surface area contributed by atoms with E-state index >= 15 is 0 Å². The van der Waals surface area contributed by atoms with Crippen molar-refractivity contribution in [3.8, 4) is 0 Å². The summed E-state index contributed by atoms with van der Waals surface area (Å²) >= 11 is 1.43. The molecule has 1 saturated heterocycles. The monoisotopic (exact) mass is 471 g/mol. The van der Waals surface area contributed by atoms with Crippen LogP contribution >= 0.6 is 11.3 Å². The van der Waals surface area contributed by atoms with E-state index < -0.39 is 17.2 Å². The second kappa shape index (κ2) is 8.93. The zero-order valence-corrected chi connectivity index (χ0v) is 18.8. The molecule has 0 unspecified atom stereocenters. The third-order valence-corrected chi connectivity index (χ3v) is 7.56. The summed E-state index contributed by atoms with van der Waals surface area (Å²) in [6, 6.07) is 0. The van der Waals surface area contributed by atoms with Gasteiger partial charge in [0.15, 0.2) is 5.65 Å². The summed E-state index contributed by atoms with van der Waals surface area (Å²) in [7, 11) is 0. The Balaban J connectivity index is 1.22. The first kappa shape index (κ1) is 21.6. The smallest absolute Gasteiger partial charge is 0.327 e. The van der Waals surface area contributed by atoms with Crippen LogP contribution in [0.25, 0.3) is 11.0 Å². The molecule has 0 atom stereocenters. The van der Waals surface area contributed by atoms with Crippen molar-refractivity contribution >= 4 is 40.0 Å². The zero-order chi connectivity index (χ0) is 22.9. The van der Waals surface area contributed by atoms with Gasteiger partial charge in [0, 0.05) is 30.3 Å². The number of likely N-dealkylation sites (tertiary alicyclic amines) is 1. The highest BCUT2D eigenvalue weighted by Crippen LogP contribution is 2.32. The maximum Gasteiger partial charge on any atom is 0.327 e. The van der Waals surface area contributed by atoms with Crippen molar-refractivity contribution in [1.82, 2.24) is 30.0 Å². The van der Waals surface area contributed by atoms with Crippen molar-refractivity contribution in [2.24, 2.45) is 5.92 Å². The number of nitrogens with zero attached hydrogens (tertiary/aromatic N) is 3. The molecular formula is C21H25N7O4S. The number of rotatable bonds is 4. The number of aromatic nitrogens is 5. The van der Waals surface area contributed by atoms with Crippen LogP contribution in [0.1, 0.15) is 66.4 Å². The Morgan fingerprint density at radius 2 is 1.82 bits per heavy atom. The molecule has 4 heterocycles. The number of piperidine rings is 1. The summed E-state index contributed by atoms with van der Waals surface area (Å²) in [6.07, 6.45) is 7.23. The summed E-state index contributed by atoms with van der Waals surface area (Å²) in [5.74, 6) is 0.326. The molecule has 3 aromatic rings. The van der Waals surface area contributed by atoms with E-state index in [9.17, 15) is 19.2 Å². The van der Waals surface area contributed by atoms with E-state index in [1.165, 1.54) is 17.8 Å². The average Bonchev–Trinajstić information content (AvgIpc) is 3.47. The molecule has 3 aromatic heterocycles. The van der Waals surface area contributed by atoms with Crippen molar-refractivity contribution in [3.63, 3.8) is 0 Å². The zero-order valence-electron chi connectivity index (χ0n) is 18.0. The third kappa shape index (κ3) is 4.34. The van der Waals surface area contributed by atoms with Crippen LogP contribution in [-0.2, 0) is 4.79 Å². The van der Waals surface area contributed by atoms with Crippen molar-refractivity contribution in [2.45, 2.75) is 50.9 Å². The minimum absolute atomic E-state index is 0.0625. The minimum atomic E-state index is -0.674. The molecule has 1 aliphatic heterocycles. The van der Waals surface area contributed by atoms with Gasteiger partial charge in [0.25, 0.3) is 11.5 Å². The van der Waals surface area contributed by atoms with Crippen molar-refractivity contribution in [1.29, 1.82) is 0 Å². The molecule has 1 saturated carbocycles. The van der Waals surface area contributed by atoms with Gasteiger partial charge in [0.05, 0.1) is 5.01 Å². The van der Waals surface area contributed by atoms with Crippen molar-refractivity contribution in [3.05, 3.63) is 36.9 Å². The molecule has 12 heteroatoms. The SMILES string of the molecule is O=C(Nc1[nH]nc2[nH]c(=O)[nH]c(=O)c12)c1csc(C2CCN(C(=O)C3CCCCC3)CC2)n1. The summed E-state index contributed by atoms with van der Waals surface area (Å²) in [4.78, 5) is 59.9. The van der Waals surface area contributed by atoms with Crippen LogP contribution in [0.5, 0.6) is 0 Å². The molecule has 4 N–H and O–H groups in total. The van der Waals surface area contributed by atoms with Gasteiger partial charge in [-0.05, 0) is 25.7 Å². The molecule has 0 spiro atoms. The Morgan fingerprint density at radius 3 is 2.58 bits per heavy atom. The van der Waals surface area contributed by atoms with Crippen LogP contribution in [-0.4, -0.2) is 55.0 Å². The number of thiazole rings is 1. The Labute approximate surface area is 192 Å². The minimum Gasteiger partial charge on any atom is -0.342 e. The number of carbonyl (C=O) groups is 2. The Morgan fingerprint density at radius 1 is 1.06 bits per heavy atom. The fourth-order valence-electron chi connectivity index (χ4n) is 4.76. The fraction of sp³-hybridized carbons (Fsp3) is 0.524. The first-order valence-electron chi connectivity index (χ1n) is 11.3. The molecule has 33 heavy (non-hydrogen) atoms. The summed E-state index contributed by atoms with van der Waals surface area (Å²) < 4.78 is 0. The normalized spacial score (nSPS) is 18.0. The molecule has 11 nitrogen and oxygen atoms in total. The predicted molar refractivity (Wildman–Crippen MR) is 123 cm³/mol. The lowest BCUT2D eigenvalue weighted by molar-refractivity contribution is -0.137. The molecule has 2 amide bonds. The Hall–Kier alpha value is -3.28. The van der Waals surface area contributed by atoms with Gasteiger partial charge in [-0.3, -0.25) is 29.5 Å². The van der Waals surface area contributed by atoms with E-state index in [1.54, 1.807) is 5.38 Å². The maximum atomic E-state index is 12.8. The van der Waals surface area contributed by atoms with E-state index in [-0.39, 0.29) is 34.4 Å². The topological polar surface area (TPSA) is 157 Å². The van der Waals surface area contributed by atoms with Crippen LogP contribution < -0.4 is 16.6 Å². The first-order chi connectivity index (χ1) is 16.0. The lowest BCUT2D eigenvalue weighted by atomic mass is 9.87. The van der Waals surface area contributed by atoms with Gasteiger partial charge < -0.3 is 10.2 Å². The predicted octanol–water partition coefficient (Wildman–Crippen LogP) is 1.93. The highest BCUT2D eigenvalue weighted by Gasteiger charge is 2.30. The van der Waals surface area contributed by atoms with Gasteiger partial charge in [0.1, 0.15) is 16.9 Å². The molecule has 2 fully saturated rings. The quantitative estimate of drug-likeness (QED) is 0.455. The lowest BCUT2D eigenvalue weighted by Crippen LogP contribution is -2.41. The van der Waals surface area contributed by atoms with Gasteiger partial charge >= 0.3 is 5.69 Å². The van der Waals surface area contributed by atoms with E-state index in [1.807, 2.05) is 4.90 Å². The molecule has 1 aliphatic carbocycles. The lowest BCUT2D eigenvalue weighted by Gasteiger charge is -2.34. The second-order valence-corrected chi connectivity index (χ2v) is 9.58. The fourth-order valence-corrected chi connectivity index (χ4v) is 5.73. The second-order valence-electron chi connectivity index (χ2n) is 8.69. The molecule has 5 rings (SSSR count). The standard InChI is InChI=1S/C21H25N7O4S/c29-17(23-15-14-16(27-26-15)24-21(32)25-18(14)30)13-10-33-19(22-13)11-6-8-28(9-7-11)20(31)12-4-2-1-3-5-12/h10-12H,1-9H2,(H4,23,24,25,26,27,29,30,32). The Bertz CT molecular complexity index is 1290. The first-order valence-corrected chi connectivity index (χ1v) is 12.1. The molecule has 0 aromatic carbocycles. The van der Waals surface area contributed by atoms with E-state index in [2.05, 4.69) is 30.5 Å². The number of carbonyl (C=O) groups excluding carboxylic acids is 2. The summed E-state index contributed by atoms with van der Waals surface area (Å²) in [6.45, 7) is 1.45. The van der Waals surface area contributed by atoms with Gasteiger partial charge in [-0.15, -0.1) is 11.3 Å². The average molecular weight is 472 g/mol. The molecule has 2 aliphatic rings. The number of hydrogen-bond acceptors (Lipinski definition) is 7. The van der Waals surface area contributed by atoms with E-state index in [0.29, 0.717) is 5.91 Å². The van der Waals surface area contributed by atoms with Gasteiger partial charge in [-0.1, -0.05) is 19.3 Å². The van der Waals surface area contributed by atoms with Gasteiger partial charge in [-0.25, -0.2) is 9.78 Å². The van der Waals surface area contributed by atoms with Crippen LogP contribution in [0, 0.1) is 5.92 Å². The van der Waals surface area contributed by atoms with E-state index in [4.69, 9.17) is 0 Å². The van der Waals surface area contributed by atoms with Crippen molar-refractivity contribution < 1.29 is 9.59 Å². The maximum absolute atomic E-state index is 12.8. The molecule has 0 radical (unpaired) electrons.